The molecule has 0 aromatic carbocycles. The molecule has 3 atom stereocenters. The standard InChI is InChI=1S/C9H19NO/c1-6(2)9-5-4-8(10)7(3)11-9/h6-9H,4-5,10H2,1-3H3/t7?,8-,9-/m0/s1. The van der Waals surface area contributed by atoms with Gasteiger partial charge in [-0.2, -0.15) is 0 Å². The van der Waals surface area contributed by atoms with E-state index in [2.05, 4.69) is 20.8 Å². The molecule has 0 radical (unpaired) electrons. The van der Waals surface area contributed by atoms with Gasteiger partial charge in [0, 0.05) is 6.04 Å². The van der Waals surface area contributed by atoms with Crippen LogP contribution in [0.25, 0.3) is 0 Å². The van der Waals surface area contributed by atoms with Gasteiger partial charge in [0.15, 0.2) is 0 Å². The van der Waals surface area contributed by atoms with Crippen LogP contribution in [-0.2, 0) is 4.74 Å². The molecule has 1 aliphatic heterocycles. The monoisotopic (exact) mass is 157 g/mol. The van der Waals surface area contributed by atoms with Crippen molar-refractivity contribution in [3.63, 3.8) is 0 Å². The van der Waals surface area contributed by atoms with Crippen LogP contribution in [0, 0.1) is 5.92 Å². The summed E-state index contributed by atoms with van der Waals surface area (Å²) >= 11 is 0. The van der Waals surface area contributed by atoms with Crippen LogP contribution in [0.2, 0.25) is 0 Å². The highest BCUT2D eigenvalue weighted by molar-refractivity contribution is 4.79. The zero-order valence-electron chi connectivity index (χ0n) is 7.71. The van der Waals surface area contributed by atoms with Gasteiger partial charge < -0.3 is 10.5 Å². The molecule has 2 nitrogen and oxygen atoms in total. The lowest BCUT2D eigenvalue weighted by Crippen LogP contribution is -2.43. The van der Waals surface area contributed by atoms with E-state index in [-0.39, 0.29) is 12.1 Å². The molecule has 1 heterocycles. The van der Waals surface area contributed by atoms with Gasteiger partial charge in [0.2, 0.25) is 0 Å². The highest BCUT2D eigenvalue weighted by Crippen LogP contribution is 2.22. The molecule has 11 heavy (non-hydrogen) atoms. The smallest absolute Gasteiger partial charge is 0.0701 e. The summed E-state index contributed by atoms with van der Waals surface area (Å²) < 4.78 is 5.73. The van der Waals surface area contributed by atoms with Crippen molar-refractivity contribution < 1.29 is 4.74 Å². The third-order valence-electron chi connectivity index (χ3n) is 2.52. The van der Waals surface area contributed by atoms with E-state index in [1.807, 2.05) is 0 Å². The van der Waals surface area contributed by atoms with Gasteiger partial charge in [0.1, 0.15) is 0 Å². The van der Waals surface area contributed by atoms with E-state index in [0.29, 0.717) is 12.0 Å². The van der Waals surface area contributed by atoms with Crippen molar-refractivity contribution in [2.45, 2.75) is 51.9 Å². The fraction of sp³-hybridized carbons (Fsp3) is 1.00. The predicted molar refractivity (Wildman–Crippen MR) is 46.4 cm³/mol. The molecule has 0 aliphatic carbocycles. The van der Waals surface area contributed by atoms with E-state index < -0.39 is 0 Å². The van der Waals surface area contributed by atoms with E-state index in [1.165, 1.54) is 0 Å². The molecular weight excluding hydrogens is 138 g/mol. The Balaban J connectivity index is 2.40. The summed E-state index contributed by atoms with van der Waals surface area (Å²) in [6.45, 7) is 6.47. The molecule has 1 rings (SSSR count). The number of hydrogen-bond acceptors (Lipinski definition) is 2. The molecule has 0 aromatic heterocycles. The average Bonchev–Trinajstić information content (AvgIpc) is 1.94. The van der Waals surface area contributed by atoms with Gasteiger partial charge >= 0.3 is 0 Å². The summed E-state index contributed by atoms with van der Waals surface area (Å²) in [6, 6.07) is 0.255. The van der Waals surface area contributed by atoms with Crippen LogP contribution in [0.1, 0.15) is 33.6 Å². The Morgan fingerprint density at radius 3 is 2.45 bits per heavy atom. The van der Waals surface area contributed by atoms with E-state index in [0.717, 1.165) is 12.8 Å². The zero-order valence-corrected chi connectivity index (χ0v) is 7.71. The summed E-state index contributed by atoms with van der Waals surface area (Å²) in [6.07, 6.45) is 2.92. The summed E-state index contributed by atoms with van der Waals surface area (Å²) in [5.74, 6) is 0.630. The molecule has 0 saturated carbocycles. The molecule has 2 heteroatoms. The Hall–Kier alpha value is -0.0800. The van der Waals surface area contributed by atoms with E-state index >= 15 is 0 Å². The molecule has 66 valence electrons. The highest BCUT2D eigenvalue weighted by Gasteiger charge is 2.26. The average molecular weight is 157 g/mol. The van der Waals surface area contributed by atoms with Gasteiger partial charge in [0.25, 0.3) is 0 Å². The van der Waals surface area contributed by atoms with Gasteiger partial charge in [-0.15, -0.1) is 0 Å². The van der Waals surface area contributed by atoms with Crippen LogP contribution in [0.5, 0.6) is 0 Å². The predicted octanol–water partition coefficient (Wildman–Crippen LogP) is 1.54. The molecule has 1 saturated heterocycles. The molecule has 1 fully saturated rings. The topological polar surface area (TPSA) is 35.2 Å². The molecule has 1 aliphatic rings. The fourth-order valence-corrected chi connectivity index (χ4v) is 1.53. The first-order valence-corrected chi connectivity index (χ1v) is 4.52. The Morgan fingerprint density at radius 1 is 1.36 bits per heavy atom. The van der Waals surface area contributed by atoms with Gasteiger partial charge in [-0.1, -0.05) is 13.8 Å². The molecule has 0 bridgehead atoms. The largest absolute Gasteiger partial charge is 0.373 e. The van der Waals surface area contributed by atoms with E-state index in [9.17, 15) is 0 Å². The summed E-state index contributed by atoms with van der Waals surface area (Å²) in [5, 5.41) is 0. The van der Waals surface area contributed by atoms with Crippen molar-refractivity contribution >= 4 is 0 Å². The quantitative estimate of drug-likeness (QED) is 0.626. The molecule has 0 amide bonds. The maximum atomic E-state index is 5.82. The van der Waals surface area contributed by atoms with Crippen molar-refractivity contribution in [3.8, 4) is 0 Å². The van der Waals surface area contributed by atoms with Gasteiger partial charge in [-0.25, -0.2) is 0 Å². The summed E-state index contributed by atoms with van der Waals surface area (Å²) in [7, 11) is 0. The van der Waals surface area contributed by atoms with Gasteiger partial charge in [0.05, 0.1) is 12.2 Å². The van der Waals surface area contributed by atoms with Crippen molar-refractivity contribution in [3.05, 3.63) is 0 Å². The van der Waals surface area contributed by atoms with Crippen molar-refractivity contribution in [2.24, 2.45) is 11.7 Å². The molecule has 0 spiro atoms. The van der Waals surface area contributed by atoms with Crippen LogP contribution >= 0.6 is 0 Å². The van der Waals surface area contributed by atoms with Crippen LogP contribution in [0.3, 0.4) is 0 Å². The summed E-state index contributed by atoms with van der Waals surface area (Å²) in [4.78, 5) is 0. The van der Waals surface area contributed by atoms with Crippen molar-refractivity contribution in [2.75, 3.05) is 0 Å². The summed E-state index contributed by atoms with van der Waals surface area (Å²) in [5.41, 5.74) is 5.82. The number of ether oxygens (including phenoxy) is 1. The van der Waals surface area contributed by atoms with Gasteiger partial charge in [-0.05, 0) is 25.7 Å². The first kappa shape index (κ1) is 9.01. The Bertz CT molecular complexity index is 125. The zero-order chi connectivity index (χ0) is 8.43. The van der Waals surface area contributed by atoms with E-state index in [1.54, 1.807) is 0 Å². The Kier molecular flexibility index (Phi) is 2.90. The molecule has 1 unspecified atom stereocenters. The maximum Gasteiger partial charge on any atom is 0.0701 e. The second-order valence-electron chi connectivity index (χ2n) is 3.86. The second-order valence-corrected chi connectivity index (χ2v) is 3.86. The third kappa shape index (κ3) is 2.17. The molecule has 0 aromatic rings. The number of hydrogen-bond donors (Lipinski definition) is 1. The minimum Gasteiger partial charge on any atom is -0.373 e. The third-order valence-corrected chi connectivity index (χ3v) is 2.52. The number of rotatable bonds is 1. The number of nitrogens with two attached hydrogens (primary N) is 1. The fourth-order valence-electron chi connectivity index (χ4n) is 1.53. The van der Waals surface area contributed by atoms with Crippen molar-refractivity contribution in [1.82, 2.24) is 0 Å². The normalized spacial score (nSPS) is 39.5. The second kappa shape index (κ2) is 3.55. The molecular formula is C9H19NO. The lowest BCUT2D eigenvalue weighted by molar-refractivity contribution is -0.0715. The maximum absolute atomic E-state index is 5.82. The van der Waals surface area contributed by atoms with Crippen LogP contribution in [-0.4, -0.2) is 18.2 Å². The Labute approximate surface area is 69.1 Å². The van der Waals surface area contributed by atoms with E-state index in [4.69, 9.17) is 10.5 Å². The van der Waals surface area contributed by atoms with Crippen LogP contribution in [0.4, 0.5) is 0 Å². The van der Waals surface area contributed by atoms with Crippen LogP contribution < -0.4 is 5.73 Å². The minimum atomic E-state index is 0.246. The first-order valence-electron chi connectivity index (χ1n) is 4.52. The first-order chi connectivity index (χ1) is 5.11. The van der Waals surface area contributed by atoms with Crippen LogP contribution in [0.15, 0.2) is 0 Å². The Morgan fingerprint density at radius 2 is 2.00 bits per heavy atom. The lowest BCUT2D eigenvalue weighted by atomic mass is 9.94. The van der Waals surface area contributed by atoms with Gasteiger partial charge in [-0.3, -0.25) is 0 Å². The minimum absolute atomic E-state index is 0.246. The van der Waals surface area contributed by atoms with Crippen molar-refractivity contribution in [1.29, 1.82) is 0 Å². The lowest BCUT2D eigenvalue weighted by Gasteiger charge is -2.34. The SMILES string of the molecule is CC(C)[C@@H]1CC[C@H](N)C(C)O1. The highest BCUT2D eigenvalue weighted by atomic mass is 16.5. The molecule has 2 N–H and O–H groups in total.